The van der Waals surface area contributed by atoms with E-state index in [1.165, 1.54) is 24.3 Å². The zero-order chi connectivity index (χ0) is 22.3. The van der Waals surface area contributed by atoms with Crippen LogP contribution in [0.15, 0.2) is 29.2 Å². The van der Waals surface area contributed by atoms with Crippen molar-refractivity contribution in [2.75, 3.05) is 24.8 Å². The zero-order valence-electron chi connectivity index (χ0n) is 16.8. The molecule has 0 amide bonds. The first-order chi connectivity index (χ1) is 13.9. The highest BCUT2D eigenvalue weighted by atomic mass is 32.2. The van der Waals surface area contributed by atoms with Gasteiger partial charge in [-0.3, -0.25) is 4.79 Å². The van der Waals surface area contributed by atoms with Gasteiger partial charge in [0.05, 0.1) is 16.1 Å². The number of aldehydes is 1. The smallest absolute Gasteiger partial charge is 0.302 e. The van der Waals surface area contributed by atoms with Crippen LogP contribution in [-0.2, 0) is 16.0 Å². The van der Waals surface area contributed by atoms with Gasteiger partial charge in [0.25, 0.3) is 0 Å². The number of aromatic nitrogens is 2. The number of halogens is 3. The molecule has 7 nitrogen and oxygen atoms in total. The van der Waals surface area contributed by atoms with Crippen molar-refractivity contribution in [3.05, 3.63) is 35.5 Å². The lowest BCUT2D eigenvalue weighted by molar-refractivity contribution is -0.141. The molecule has 1 aromatic carbocycles. The zero-order valence-corrected chi connectivity index (χ0v) is 17.6. The predicted molar refractivity (Wildman–Crippen MR) is 105 cm³/mol. The van der Waals surface area contributed by atoms with E-state index in [4.69, 9.17) is 0 Å². The van der Waals surface area contributed by atoms with Gasteiger partial charge in [0.15, 0.2) is 27.6 Å². The Morgan fingerprint density at radius 3 is 2.17 bits per heavy atom. The summed E-state index contributed by atoms with van der Waals surface area (Å²) >= 11 is 0. The summed E-state index contributed by atoms with van der Waals surface area (Å²) in [5.74, 6) is 0.549. The number of alkyl halides is 3. The maximum atomic E-state index is 13.5. The van der Waals surface area contributed by atoms with Crippen molar-refractivity contribution in [3.8, 4) is 5.69 Å². The van der Waals surface area contributed by atoms with Gasteiger partial charge >= 0.3 is 6.18 Å². The average Bonchev–Trinajstić information content (AvgIpc) is 2.98. The van der Waals surface area contributed by atoms with Crippen molar-refractivity contribution >= 4 is 21.9 Å². The van der Waals surface area contributed by atoms with E-state index >= 15 is 0 Å². The third kappa shape index (κ3) is 4.67. The minimum Gasteiger partial charge on any atom is -0.302 e. The van der Waals surface area contributed by atoms with E-state index in [9.17, 15) is 26.4 Å². The second-order valence-electron chi connectivity index (χ2n) is 7.87. The van der Waals surface area contributed by atoms with Gasteiger partial charge in [-0.25, -0.2) is 18.1 Å². The summed E-state index contributed by atoms with van der Waals surface area (Å²) < 4.78 is 64.9. The third-order valence-electron chi connectivity index (χ3n) is 4.95. The number of benzene rings is 1. The molecule has 0 aliphatic carbocycles. The number of hydrogen-bond acceptors (Lipinski definition) is 6. The molecular formula is C19H23F3N4O3S. The van der Waals surface area contributed by atoms with Crippen LogP contribution in [0.2, 0.25) is 0 Å². The number of hydrazine groups is 1. The Labute approximate surface area is 172 Å². The Morgan fingerprint density at radius 1 is 1.13 bits per heavy atom. The van der Waals surface area contributed by atoms with Crippen LogP contribution in [-0.4, -0.2) is 48.8 Å². The molecule has 1 aliphatic rings. The van der Waals surface area contributed by atoms with Crippen molar-refractivity contribution in [1.29, 1.82) is 0 Å². The topological polar surface area (TPSA) is 84.3 Å². The molecule has 0 bridgehead atoms. The summed E-state index contributed by atoms with van der Waals surface area (Å²) in [6.45, 7) is 5.30. The number of hydrogen-bond donors (Lipinski definition) is 1. The number of nitrogens with zero attached hydrogens (tertiary/aromatic N) is 3. The Morgan fingerprint density at radius 2 is 1.70 bits per heavy atom. The molecule has 2 atom stereocenters. The molecule has 0 saturated carbocycles. The lowest BCUT2D eigenvalue weighted by atomic mass is 9.93. The first kappa shape index (κ1) is 22.3. The lowest BCUT2D eigenvalue weighted by Gasteiger charge is -2.35. The number of carbonyl (C=O) groups excluding carboxylic acids is 1. The average molecular weight is 444 g/mol. The quantitative estimate of drug-likeness (QED) is 0.712. The van der Waals surface area contributed by atoms with Gasteiger partial charge in [-0.1, -0.05) is 13.8 Å². The molecule has 0 spiro atoms. The van der Waals surface area contributed by atoms with Crippen LogP contribution in [0.3, 0.4) is 0 Å². The SMILES string of the molecule is C[C@@H]1C[C@H](C)CN(Nc2c(C=O)c(C(F)(F)F)nn2-c2ccc(S(C)(=O)=O)cc2)C1. The normalized spacial score (nSPS) is 20.9. The maximum Gasteiger partial charge on any atom is 0.435 e. The van der Waals surface area contributed by atoms with Crippen LogP contribution in [0, 0.1) is 11.8 Å². The fourth-order valence-corrected chi connectivity index (χ4v) is 4.41. The number of anilines is 1. The van der Waals surface area contributed by atoms with Gasteiger partial charge in [-0.2, -0.15) is 18.3 Å². The first-order valence-electron chi connectivity index (χ1n) is 9.37. The van der Waals surface area contributed by atoms with E-state index in [-0.39, 0.29) is 22.7 Å². The molecule has 1 N–H and O–H groups in total. The van der Waals surface area contributed by atoms with Crippen molar-refractivity contribution in [3.63, 3.8) is 0 Å². The van der Waals surface area contributed by atoms with Gasteiger partial charge in [0, 0.05) is 19.3 Å². The van der Waals surface area contributed by atoms with Gasteiger partial charge in [-0.05, 0) is 42.5 Å². The number of piperidine rings is 1. The standard InChI is InChI=1S/C19H23F3N4O3S/c1-12-8-13(2)10-25(9-12)24-18-16(11-27)17(19(20,21)22)23-26(18)14-4-6-15(7-5-14)30(3,28)29/h4-7,11-13,24H,8-10H2,1-3H3/t12-,13+. The van der Waals surface area contributed by atoms with E-state index in [0.29, 0.717) is 24.9 Å². The minimum absolute atomic E-state index is 0.0262. The van der Waals surface area contributed by atoms with Gasteiger partial charge in [0.1, 0.15) is 0 Å². The molecule has 1 aromatic heterocycles. The predicted octanol–water partition coefficient (Wildman–Crippen LogP) is 3.41. The molecule has 1 fully saturated rings. The summed E-state index contributed by atoms with van der Waals surface area (Å²) in [7, 11) is -3.47. The van der Waals surface area contributed by atoms with Gasteiger partial charge in [0.2, 0.25) is 0 Å². The molecule has 2 aromatic rings. The van der Waals surface area contributed by atoms with Gasteiger partial charge in [-0.15, -0.1) is 0 Å². The van der Waals surface area contributed by atoms with Crippen molar-refractivity contribution in [1.82, 2.24) is 14.8 Å². The largest absolute Gasteiger partial charge is 0.435 e. The molecule has 30 heavy (non-hydrogen) atoms. The second kappa shape index (κ2) is 8.03. The van der Waals surface area contributed by atoms with Crippen LogP contribution in [0.25, 0.3) is 5.69 Å². The molecule has 0 radical (unpaired) electrons. The number of nitrogens with one attached hydrogen (secondary N) is 1. The van der Waals surface area contributed by atoms with Crippen LogP contribution in [0.1, 0.15) is 36.3 Å². The minimum atomic E-state index is -4.83. The summed E-state index contributed by atoms with van der Waals surface area (Å²) in [5.41, 5.74) is 1.25. The van der Waals surface area contributed by atoms with Crippen LogP contribution >= 0.6 is 0 Å². The molecular weight excluding hydrogens is 421 g/mol. The highest BCUT2D eigenvalue weighted by Gasteiger charge is 2.40. The fourth-order valence-electron chi connectivity index (χ4n) is 3.78. The highest BCUT2D eigenvalue weighted by Crippen LogP contribution is 2.35. The number of rotatable bonds is 5. The maximum absolute atomic E-state index is 13.5. The fraction of sp³-hybridized carbons (Fsp3) is 0.474. The van der Waals surface area contributed by atoms with Crippen molar-refractivity contribution in [2.45, 2.75) is 31.3 Å². The Bertz CT molecular complexity index is 1020. The summed E-state index contributed by atoms with van der Waals surface area (Å²) in [6.07, 6.45) is -2.66. The van der Waals surface area contributed by atoms with E-state index in [1.807, 2.05) is 13.8 Å². The highest BCUT2D eigenvalue weighted by molar-refractivity contribution is 7.90. The summed E-state index contributed by atoms with van der Waals surface area (Å²) in [4.78, 5) is 11.6. The van der Waals surface area contributed by atoms with Crippen molar-refractivity contribution in [2.24, 2.45) is 11.8 Å². The van der Waals surface area contributed by atoms with E-state index < -0.39 is 27.3 Å². The van der Waals surface area contributed by atoms with Crippen LogP contribution in [0.5, 0.6) is 0 Å². The number of carbonyl (C=O) groups is 1. The van der Waals surface area contributed by atoms with Crippen LogP contribution < -0.4 is 5.43 Å². The lowest BCUT2D eigenvalue weighted by Crippen LogP contribution is -2.42. The van der Waals surface area contributed by atoms with E-state index in [2.05, 4.69) is 10.5 Å². The molecule has 2 heterocycles. The molecule has 3 rings (SSSR count). The molecule has 1 aliphatic heterocycles. The third-order valence-corrected chi connectivity index (χ3v) is 6.08. The van der Waals surface area contributed by atoms with Crippen molar-refractivity contribution < 1.29 is 26.4 Å². The second-order valence-corrected chi connectivity index (χ2v) is 9.88. The Kier molecular flexibility index (Phi) is 5.96. The summed E-state index contributed by atoms with van der Waals surface area (Å²) in [5, 5.41) is 5.42. The number of sulfone groups is 1. The summed E-state index contributed by atoms with van der Waals surface area (Å²) in [6, 6.07) is 5.28. The van der Waals surface area contributed by atoms with Gasteiger partial charge < -0.3 is 5.43 Å². The molecule has 11 heteroatoms. The van der Waals surface area contributed by atoms with E-state index in [0.717, 1.165) is 17.4 Å². The Hall–Kier alpha value is -2.40. The molecule has 1 saturated heterocycles. The Balaban J connectivity index is 2.09. The molecule has 164 valence electrons. The van der Waals surface area contributed by atoms with E-state index in [1.54, 1.807) is 5.01 Å². The first-order valence-corrected chi connectivity index (χ1v) is 11.3. The molecule has 0 unspecified atom stereocenters. The monoisotopic (exact) mass is 444 g/mol. The van der Waals surface area contributed by atoms with Crippen LogP contribution in [0.4, 0.5) is 19.0 Å².